The average molecular weight is 402 g/mol. The standard InChI is InChI=1S/C17H24ClN3O4S/c1-11(2)20(3)26(24,25)13-4-5-15(18)14(10-13)17(23)21-8-6-12(7-9-21)16(19)22/h4-5,10-12H,6-9H2,1-3H3,(H2,19,22). The lowest BCUT2D eigenvalue weighted by atomic mass is 9.96. The fourth-order valence-corrected chi connectivity index (χ4v) is 4.40. The van der Waals surface area contributed by atoms with Crippen molar-refractivity contribution in [1.82, 2.24) is 9.21 Å². The molecular formula is C17H24ClN3O4S. The molecule has 144 valence electrons. The Hall–Kier alpha value is -1.64. The Morgan fingerprint density at radius 1 is 1.27 bits per heavy atom. The fraction of sp³-hybridized carbons (Fsp3) is 0.529. The van der Waals surface area contributed by atoms with Gasteiger partial charge in [0, 0.05) is 32.1 Å². The van der Waals surface area contributed by atoms with Crippen molar-refractivity contribution in [2.75, 3.05) is 20.1 Å². The van der Waals surface area contributed by atoms with Gasteiger partial charge in [-0.15, -0.1) is 0 Å². The molecule has 1 aromatic carbocycles. The maximum absolute atomic E-state index is 12.8. The smallest absolute Gasteiger partial charge is 0.255 e. The van der Waals surface area contributed by atoms with Gasteiger partial charge in [-0.3, -0.25) is 9.59 Å². The third kappa shape index (κ3) is 4.19. The van der Waals surface area contributed by atoms with Crippen LogP contribution in [-0.4, -0.2) is 55.6 Å². The second-order valence-corrected chi connectivity index (χ2v) is 9.13. The Morgan fingerprint density at radius 3 is 2.35 bits per heavy atom. The number of likely N-dealkylation sites (tertiary alicyclic amines) is 1. The first-order chi connectivity index (χ1) is 12.1. The van der Waals surface area contributed by atoms with Gasteiger partial charge in [0.15, 0.2) is 0 Å². The van der Waals surface area contributed by atoms with E-state index in [0.717, 1.165) is 0 Å². The molecule has 1 heterocycles. The summed E-state index contributed by atoms with van der Waals surface area (Å²) in [5.74, 6) is -0.942. The number of primary amides is 1. The van der Waals surface area contributed by atoms with E-state index in [1.54, 1.807) is 18.7 Å². The van der Waals surface area contributed by atoms with Crippen molar-refractivity contribution in [2.45, 2.75) is 37.6 Å². The first-order valence-corrected chi connectivity index (χ1v) is 10.2. The van der Waals surface area contributed by atoms with Gasteiger partial charge < -0.3 is 10.6 Å². The van der Waals surface area contributed by atoms with E-state index in [1.165, 1.54) is 29.6 Å². The number of benzene rings is 1. The molecule has 0 atom stereocenters. The Morgan fingerprint density at radius 2 is 1.85 bits per heavy atom. The highest BCUT2D eigenvalue weighted by Gasteiger charge is 2.29. The number of amides is 2. The van der Waals surface area contributed by atoms with Crippen molar-refractivity contribution in [2.24, 2.45) is 11.7 Å². The molecule has 0 saturated carbocycles. The molecule has 1 aliphatic rings. The Labute approximate surface area is 159 Å². The number of hydrogen-bond acceptors (Lipinski definition) is 4. The highest BCUT2D eigenvalue weighted by Crippen LogP contribution is 2.26. The molecule has 1 saturated heterocycles. The third-order valence-electron chi connectivity index (χ3n) is 4.76. The SMILES string of the molecule is CC(C)N(C)S(=O)(=O)c1ccc(Cl)c(C(=O)N2CCC(C(N)=O)CC2)c1. The third-order valence-corrected chi connectivity index (χ3v) is 7.12. The number of halogens is 1. The highest BCUT2D eigenvalue weighted by molar-refractivity contribution is 7.89. The molecule has 1 aromatic rings. The number of rotatable bonds is 5. The van der Waals surface area contributed by atoms with Crippen LogP contribution in [0.4, 0.5) is 0 Å². The second kappa shape index (κ2) is 7.94. The minimum absolute atomic E-state index is 0.0217. The number of piperidine rings is 1. The molecule has 0 aromatic heterocycles. The summed E-state index contributed by atoms with van der Waals surface area (Å²) in [5.41, 5.74) is 5.45. The van der Waals surface area contributed by atoms with Crippen molar-refractivity contribution >= 4 is 33.4 Å². The topological polar surface area (TPSA) is 101 Å². The molecule has 7 nitrogen and oxygen atoms in total. The van der Waals surface area contributed by atoms with Crippen LogP contribution in [0.5, 0.6) is 0 Å². The molecule has 26 heavy (non-hydrogen) atoms. The molecule has 0 aliphatic carbocycles. The zero-order valence-corrected chi connectivity index (χ0v) is 16.7. The first kappa shape index (κ1) is 20.7. The minimum atomic E-state index is -3.72. The van der Waals surface area contributed by atoms with E-state index in [2.05, 4.69) is 0 Å². The summed E-state index contributed by atoms with van der Waals surface area (Å²) in [6.07, 6.45) is 0.986. The quantitative estimate of drug-likeness (QED) is 0.811. The van der Waals surface area contributed by atoms with Gasteiger partial charge in [0.2, 0.25) is 15.9 Å². The maximum Gasteiger partial charge on any atom is 0.255 e. The number of nitrogens with two attached hydrogens (primary N) is 1. The van der Waals surface area contributed by atoms with Gasteiger partial charge in [0.05, 0.1) is 15.5 Å². The number of carbonyl (C=O) groups excluding carboxylic acids is 2. The van der Waals surface area contributed by atoms with Crippen LogP contribution in [0.25, 0.3) is 0 Å². The van der Waals surface area contributed by atoms with Gasteiger partial charge in [0.25, 0.3) is 5.91 Å². The number of nitrogens with zero attached hydrogens (tertiary/aromatic N) is 2. The van der Waals surface area contributed by atoms with E-state index in [4.69, 9.17) is 17.3 Å². The van der Waals surface area contributed by atoms with E-state index in [-0.39, 0.29) is 39.3 Å². The largest absolute Gasteiger partial charge is 0.369 e. The molecular weight excluding hydrogens is 378 g/mol. The average Bonchev–Trinajstić information content (AvgIpc) is 2.60. The molecule has 0 spiro atoms. The lowest BCUT2D eigenvalue weighted by Gasteiger charge is -2.31. The van der Waals surface area contributed by atoms with Crippen molar-refractivity contribution in [3.8, 4) is 0 Å². The van der Waals surface area contributed by atoms with Gasteiger partial charge in [0.1, 0.15) is 0 Å². The lowest BCUT2D eigenvalue weighted by molar-refractivity contribution is -0.123. The Balaban J connectivity index is 2.28. The van der Waals surface area contributed by atoms with Crippen LogP contribution in [0.2, 0.25) is 5.02 Å². The summed E-state index contributed by atoms with van der Waals surface area (Å²) < 4.78 is 26.6. The molecule has 1 aliphatic heterocycles. The highest BCUT2D eigenvalue weighted by atomic mass is 35.5. The molecule has 0 unspecified atom stereocenters. The van der Waals surface area contributed by atoms with Crippen molar-refractivity contribution < 1.29 is 18.0 Å². The van der Waals surface area contributed by atoms with E-state index in [0.29, 0.717) is 25.9 Å². The van der Waals surface area contributed by atoms with Crippen LogP contribution in [0, 0.1) is 5.92 Å². The zero-order valence-electron chi connectivity index (χ0n) is 15.1. The molecule has 2 N–H and O–H groups in total. The molecule has 9 heteroatoms. The summed E-state index contributed by atoms with van der Waals surface area (Å²) in [7, 11) is -2.23. The fourth-order valence-electron chi connectivity index (χ4n) is 2.81. The first-order valence-electron chi connectivity index (χ1n) is 8.42. The molecule has 0 radical (unpaired) electrons. The number of hydrogen-bond donors (Lipinski definition) is 1. The van der Waals surface area contributed by atoms with E-state index < -0.39 is 10.0 Å². The zero-order chi connectivity index (χ0) is 19.6. The summed E-state index contributed by atoms with van der Waals surface area (Å²) >= 11 is 6.15. The normalized spacial score (nSPS) is 16.3. The van der Waals surface area contributed by atoms with E-state index in [9.17, 15) is 18.0 Å². The van der Waals surface area contributed by atoms with E-state index in [1.807, 2.05) is 0 Å². The van der Waals surface area contributed by atoms with Gasteiger partial charge in [-0.25, -0.2) is 8.42 Å². The van der Waals surface area contributed by atoms with Crippen LogP contribution < -0.4 is 5.73 Å². The van der Waals surface area contributed by atoms with Gasteiger partial charge in [-0.1, -0.05) is 11.6 Å². The van der Waals surface area contributed by atoms with Crippen molar-refractivity contribution in [1.29, 1.82) is 0 Å². The number of carbonyl (C=O) groups is 2. The predicted octanol–water partition coefficient (Wildman–Crippen LogP) is 1.71. The van der Waals surface area contributed by atoms with Crippen LogP contribution in [-0.2, 0) is 14.8 Å². The molecule has 1 fully saturated rings. The summed E-state index contributed by atoms with van der Waals surface area (Å²) in [6.45, 7) is 4.29. The molecule has 0 bridgehead atoms. The summed E-state index contributed by atoms with van der Waals surface area (Å²) in [5, 5.41) is 0.193. The van der Waals surface area contributed by atoms with Crippen molar-refractivity contribution in [3.05, 3.63) is 28.8 Å². The number of sulfonamides is 1. The lowest BCUT2D eigenvalue weighted by Crippen LogP contribution is -2.42. The Bertz CT molecular complexity index is 802. The maximum atomic E-state index is 12.8. The minimum Gasteiger partial charge on any atom is -0.369 e. The van der Waals surface area contributed by atoms with Crippen LogP contribution in [0.15, 0.2) is 23.1 Å². The van der Waals surface area contributed by atoms with Crippen molar-refractivity contribution in [3.63, 3.8) is 0 Å². The van der Waals surface area contributed by atoms with Crippen LogP contribution in [0.3, 0.4) is 0 Å². The molecule has 2 rings (SSSR count). The second-order valence-electron chi connectivity index (χ2n) is 6.73. The summed E-state index contributed by atoms with van der Waals surface area (Å²) in [6, 6.07) is 3.92. The monoisotopic (exact) mass is 401 g/mol. The Kier molecular flexibility index (Phi) is 6.31. The molecule has 2 amide bonds. The van der Waals surface area contributed by atoms with E-state index >= 15 is 0 Å². The predicted molar refractivity (Wildman–Crippen MR) is 99.4 cm³/mol. The van der Waals surface area contributed by atoms with Crippen LogP contribution in [0.1, 0.15) is 37.0 Å². The van der Waals surface area contributed by atoms with Gasteiger partial charge in [-0.2, -0.15) is 4.31 Å². The van der Waals surface area contributed by atoms with Gasteiger partial charge in [-0.05, 0) is 44.9 Å². The summed E-state index contributed by atoms with van der Waals surface area (Å²) in [4.78, 5) is 25.6. The van der Waals surface area contributed by atoms with Crippen LogP contribution >= 0.6 is 11.6 Å². The van der Waals surface area contributed by atoms with Gasteiger partial charge >= 0.3 is 0 Å².